The number of aromatic nitrogens is 2. The number of aryl methyl sites for hydroxylation is 2. The number of nitrogens with one attached hydrogen (secondary N) is 1. The van der Waals surface area contributed by atoms with E-state index in [4.69, 9.17) is 10.5 Å². The second-order valence-corrected chi connectivity index (χ2v) is 5.07. The van der Waals surface area contributed by atoms with Gasteiger partial charge in [-0.1, -0.05) is 6.92 Å². The van der Waals surface area contributed by atoms with Gasteiger partial charge in [0.25, 0.3) is 0 Å². The van der Waals surface area contributed by atoms with Crippen LogP contribution in [0.3, 0.4) is 0 Å². The molecule has 1 aliphatic rings. The van der Waals surface area contributed by atoms with Crippen molar-refractivity contribution in [3.8, 4) is 0 Å². The first-order valence-corrected chi connectivity index (χ1v) is 6.79. The number of rotatable bonds is 4. The van der Waals surface area contributed by atoms with E-state index in [2.05, 4.69) is 24.3 Å². The zero-order valence-electron chi connectivity index (χ0n) is 11.6. The second-order valence-electron chi connectivity index (χ2n) is 5.07. The van der Waals surface area contributed by atoms with Crippen LogP contribution in [0.5, 0.6) is 0 Å². The molecule has 0 aromatic carbocycles. The molecule has 5 nitrogen and oxygen atoms in total. The van der Waals surface area contributed by atoms with E-state index in [9.17, 15) is 0 Å². The van der Waals surface area contributed by atoms with Crippen LogP contribution in [0.15, 0.2) is 0 Å². The van der Waals surface area contributed by atoms with Gasteiger partial charge in [0.15, 0.2) is 0 Å². The average Bonchev–Trinajstić information content (AvgIpc) is 2.67. The van der Waals surface area contributed by atoms with Crippen molar-refractivity contribution in [3.63, 3.8) is 0 Å². The summed E-state index contributed by atoms with van der Waals surface area (Å²) >= 11 is 0. The van der Waals surface area contributed by atoms with Crippen molar-refractivity contribution < 1.29 is 4.74 Å². The van der Waals surface area contributed by atoms with Crippen LogP contribution in [-0.2, 0) is 18.2 Å². The molecular weight excluding hydrogens is 228 g/mol. The predicted octanol–water partition coefficient (Wildman–Crippen LogP) is 1.79. The maximum atomic E-state index is 6.12. The molecule has 1 aliphatic heterocycles. The van der Waals surface area contributed by atoms with Crippen LogP contribution in [0, 0.1) is 5.92 Å². The van der Waals surface area contributed by atoms with Crippen LogP contribution in [0.25, 0.3) is 0 Å². The van der Waals surface area contributed by atoms with Crippen molar-refractivity contribution in [3.05, 3.63) is 5.69 Å². The van der Waals surface area contributed by atoms with Crippen LogP contribution in [0.1, 0.15) is 32.4 Å². The van der Waals surface area contributed by atoms with Crippen molar-refractivity contribution in [2.24, 2.45) is 13.0 Å². The smallest absolute Gasteiger partial charge is 0.147 e. The molecule has 3 N–H and O–H groups in total. The van der Waals surface area contributed by atoms with Crippen molar-refractivity contribution in [2.45, 2.75) is 39.2 Å². The van der Waals surface area contributed by atoms with Gasteiger partial charge in [-0.15, -0.1) is 0 Å². The number of hydrogen-bond acceptors (Lipinski definition) is 4. The maximum Gasteiger partial charge on any atom is 0.147 e. The molecule has 18 heavy (non-hydrogen) atoms. The number of hydrogen-bond donors (Lipinski definition) is 2. The van der Waals surface area contributed by atoms with E-state index in [1.165, 1.54) is 0 Å². The van der Waals surface area contributed by atoms with E-state index in [1.54, 1.807) is 0 Å². The fourth-order valence-electron chi connectivity index (χ4n) is 2.58. The summed E-state index contributed by atoms with van der Waals surface area (Å²) in [6, 6.07) is 0.399. The summed E-state index contributed by atoms with van der Waals surface area (Å²) in [5.41, 5.74) is 7.88. The summed E-state index contributed by atoms with van der Waals surface area (Å²) in [6.45, 7) is 6.04. The molecule has 1 saturated heterocycles. The number of anilines is 2. The Kier molecular flexibility index (Phi) is 4.11. The van der Waals surface area contributed by atoms with Gasteiger partial charge in [-0.3, -0.25) is 4.68 Å². The van der Waals surface area contributed by atoms with Gasteiger partial charge < -0.3 is 15.8 Å². The Labute approximate surface area is 109 Å². The molecule has 0 aliphatic carbocycles. The minimum atomic E-state index is 0.399. The van der Waals surface area contributed by atoms with E-state index < -0.39 is 0 Å². The molecule has 0 saturated carbocycles. The first-order chi connectivity index (χ1) is 8.63. The molecule has 102 valence electrons. The van der Waals surface area contributed by atoms with Crippen LogP contribution in [0.2, 0.25) is 0 Å². The van der Waals surface area contributed by atoms with E-state index in [-0.39, 0.29) is 0 Å². The molecule has 0 bridgehead atoms. The fraction of sp³-hybridized carbons (Fsp3) is 0.769. The highest BCUT2D eigenvalue weighted by Gasteiger charge is 2.22. The summed E-state index contributed by atoms with van der Waals surface area (Å²) in [5.74, 6) is 1.60. The van der Waals surface area contributed by atoms with E-state index >= 15 is 0 Å². The maximum absolute atomic E-state index is 6.12. The minimum absolute atomic E-state index is 0.399. The van der Waals surface area contributed by atoms with Gasteiger partial charge >= 0.3 is 0 Å². The monoisotopic (exact) mass is 252 g/mol. The lowest BCUT2D eigenvalue weighted by Crippen LogP contribution is -2.31. The molecule has 2 rings (SSSR count). The topological polar surface area (TPSA) is 65.1 Å². The molecule has 1 aromatic rings. The lowest BCUT2D eigenvalue weighted by Gasteiger charge is -2.29. The molecule has 0 radical (unpaired) electrons. The highest BCUT2D eigenvalue weighted by Crippen LogP contribution is 2.26. The molecular formula is C13H24N4O. The first kappa shape index (κ1) is 13.2. The zero-order chi connectivity index (χ0) is 13.1. The van der Waals surface area contributed by atoms with Gasteiger partial charge in [0.2, 0.25) is 0 Å². The number of nitrogens with zero attached hydrogens (tertiary/aromatic N) is 2. The highest BCUT2D eigenvalue weighted by atomic mass is 16.5. The molecule has 1 aromatic heterocycles. The van der Waals surface area contributed by atoms with Crippen molar-refractivity contribution in [1.82, 2.24) is 9.78 Å². The lowest BCUT2D eigenvalue weighted by atomic mass is 9.93. The van der Waals surface area contributed by atoms with Crippen molar-refractivity contribution in [1.29, 1.82) is 0 Å². The standard InChI is InChI=1S/C13H24N4O/c1-4-11-12(14)13(17(3)16-11)15-9(2)10-5-7-18-8-6-10/h9-10,15H,4-8,14H2,1-3H3. The van der Waals surface area contributed by atoms with Gasteiger partial charge in [-0.05, 0) is 32.1 Å². The van der Waals surface area contributed by atoms with Gasteiger partial charge in [-0.25, -0.2) is 0 Å². The fourth-order valence-corrected chi connectivity index (χ4v) is 2.58. The zero-order valence-corrected chi connectivity index (χ0v) is 11.6. The molecule has 2 heterocycles. The largest absolute Gasteiger partial charge is 0.394 e. The van der Waals surface area contributed by atoms with Gasteiger partial charge in [0.05, 0.1) is 11.4 Å². The van der Waals surface area contributed by atoms with Crippen LogP contribution in [-0.4, -0.2) is 29.0 Å². The Balaban J connectivity index is 2.06. The Morgan fingerprint density at radius 2 is 2.17 bits per heavy atom. The van der Waals surface area contributed by atoms with Crippen molar-refractivity contribution in [2.75, 3.05) is 24.3 Å². The quantitative estimate of drug-likeness (QED) is 0.857. The Bertz CT molecular complexity index is 396. The summed E-state index contributed by atoms with van der Waals surface area (Å²) in [7, 11) is 1.94. The second kappa shape index (κ2) is 5.61. The molecule has 5 heteroatoms. The molecule has 0 amide bonds. The number of ether oxygens (including phenoxy) is 1. The first-order valence-electron chi connectivity index (χ1n) is 6.79. The minimum Gasteiger partial charge on any atom is -0.394 e. The number of nitrogen functional groups attached to an aromatic ring is 1. The predicted molar refractivity (Wildman–Crippen MR) is 73.6 cm³/mol. The Hall–Kier alpha value is -1.23. The number of nitrogens with two attached hydrogens (primary N) is 1. The van der Waals surface area contributed by atoms with Gasteiger partial charge in [-0.2, -0.15) is 5.10 Å². The van der Waals surface area contributed by atoms with Crippen molar-refractivity contribution >= 4 is 11.5 Å². The van der Waals surface area contributed by atoms with E-state index in [1.807, 2.05) is 11.7 Å². The lowest BCUT2D eigenvalue weighted by molar-refractivity contribution is 0.0622. The SMILES string of the molecule is CCc1nn(C)c(NC(C)C2CCOCC2)c1N. The van der Waals surface area contributed by atoms with Crippen LogP contribution < -0.4 is 11.1 Å². The van der Waals surface area contributed by atoms with Crippen LogP contribution >= 0.6 is 0 Å². The average molecular weight is 252 g/mol. The molecule has 1 fully saturated rings. The summed E-state index contributed by atoms with van der Waals surface area (Å²) in [5, 5.41) is 7.95. The van der Waals surface area contributed by atoms with Crippen LogP contribution in [0.4, 0.5) is 11.5 Å². The van der Waals surface area contributed by atoms with Gasteiger partial charge in [0.1, 0.15) is 5.82 Å². The third-order valence-corrected chi connectivity index (χ3v) is 3.83. The van der Waals surface area contributed by atoms with Gasteiger partial charge in [0, 0.05) is 26.3 Å². The molecule has 1 unspecified atom stereocenters. The third kappa shape index (κ3) is 2.61. The van der Waals surface area contributed by atoms with E-state index in [0.717, 1.165) is 49.7 Å². The van der Waals surface area contributed by atoms with E-state index in [0.29, 0.717) is 12.0 Å². The Morgan fingerprint density at radius 1 is 1.50 bits per heavy atom. The molecule has 0 spiro atoms. The molecule has 1 atom stereocenters. The normalized spacial score (nSPS) is 18.8. The summed E-state index contributed by atoms with van der Waals surface area (Å²) in [4.78, 5) is 0. The third-order valence-electron chi connectivity index (χ3n) is 3.83. The highest BCUT2D eigenvalue weighted by molar-refractivity contribution is 5.65. The Morgan fingerprint density at radius 3 is 2.72 bits per heavy atom. The summed E-state index contributed by atoms with van der Waals surface area (Å²) < 4.78 is 7.25. The summed E-state index contributed by atoms with van der Waals surface area (Å²) in [6.07, 6.45) is 3.10.